The lowest BCUT2D eigenvalue weighted by Crippen LogP contribution is -2.11. The van der Waals surface area contributed by atoms with Gasteiger partial charge < -0.3 is 15.8 Å². The molecule has 0 aliphatic carbocycles. The number of esters is 1. The Kier molecular flexibility index (Phi) is 3.62. The summed E-state index contributed by atoms with van der Waals surface area (Å²) in [6, 6.07) is 7.71. The van der Waals surface area contributed by atoms with Gasteiger partial charge in [0.15, 0.2) is 0 Å². The van der Waals surface area contributed by atoms with Crippen molar-refractivity contribution >= 4 is 28.2 Å². The van der Waals surface area contributed by atoms with Crippen LogP contribution in [0.1, 0.15) is 6.42 Å². The Morgan fingerprint density at radius 1 is 1.44 bits per heavy atom. The van der Waals surface area contributed by atoms with Gasteiger partial charge in [0.25, 0.3) is 0 Å². The fraction of sp³-hybridized carbons (Fsp3) is 0.231. The number of nitrogens with one attached hydrogen (secondary N) is 1. The number of hydrogen-bond acceptors (Lipinski definition) is 5. The standard InChI is InChI=1S/C13H15N3O2/c1-18-12(17)6-7-15-13-9-4-2-3-5-11(9)16-8-10(13)14/h2-5,8H,6-7,14H2,1H3,(H,15,16). The van der Waals surface area contributed by atoms with Crippen LogP contribution in [-0.2, 0) is 9.53 Å². The first-order chi connectivity index (χ1) is 8.72. The van der Waals surface area contributed by atoms with Gasteiger partial charge in [0.2, 0.25) is 0 Å². The SMILES string of the molecule is COC(=O)CCNc1c(N)cnc2ccccc12. The van der Waals surface area contributed by atoms with Gasteiger partial charge >= 0.3 is 5.97 Å². The molecule has 2 rings (SSSR count). The van der Waals surface area contributed by atoms with E-state index in [9.17, 15) is 4.79 Å². The molecule has 0 bridgehead atoms. The molecule has 1 aromatic heterocycles. The van der Waals surface area contributed by atoms with Crippen LogP contribution >= 0.6 is 0 Å². The monoisotopic (exact) mass is 245 g/mol. The number of nitrogens with zero attached hydrogens (tertiary/aromatic N) is 1. The van der Waals surface area contributed by atoms with Gasteiger partial charge in [-0.2, -0.15) is 0 Å². The zero-order valence-corrected chi connectivity index (χ0v) is 10.1. The predicted octanol–water partition coefficient (Wildman–Crippen LogP) is 1.79. The van der Waals surface area contributed by atoms with Gasteiger partial charge in [0.05, 0.1) is 36.6 Å². The van der Waals surface area contributed by atoms with Crippen LogP contribution in [0.15, 0.2) is 30.5 Å². The molecule has 2 aromatic rings. The molecule has 3 N–H and O–H groups in total. The molecule has 1 aromatic carbocycles. The van der Waals surface area contributed by atoms with Crippen LogP contribution in [0.5, 0.6) is 0 Å². The molecule has 0 saturated carbocycles. The van der Waals surface area contributed by atoms with Gasteiger partial charge in [-0.3, -0.25) is 9.78 Å². The third-order valence-electron chi connectivity index (χ3n) is 2.66. The summed E-state index contributed by atoms with van der Waals surface area (Å²) in [7, 11) is 1.37. The third-order valence-corrected chi connectivity index (χ3v) is 2.66. The molecular weight excluding hydrogens is 230 g/mol. The highest BCUT2D eigenvalue weighted by Gasteiger charge is 2.06. The maximum Gasteiger partial charge on any atom is 0.307 e. The van der Waals surface area contributed by atoms with E-state index in [-0.39, 0.29) is 5.97 Å². The van der Waals surface area contributed by atoms with Crippen LogP contribution in [0.4, 0.5) is 11.4 Å². The summed E-state index contributed by atoms with van der Waals surface area (Å²) >= 11 is 0. The molecule has 0 amide bonds. The lowest BCUT2D eigenvalue weighted by molar-refractivity contribution is -0.140. The summed E-state index contributed by atoms with van der Waals surface area (Å²) in [6.45, 7) is 0.477. The molecule has 0 aliphatic rings. The summed E-state index contributed by atoms with van der Waals surface area (Å²) in [4.78, 5) is 15.3. The number of methoxy groups -OCH3 is 1. The van der Waals surface area contributed by atoms with Gasteiger partial charge in [-0.05, 0) is 6.07 Å². The number of aromatic nitrogens is 1. The molecule has 0 atom stereocenters. The first-order valence-electron chi connectivity index (χ1n) is 5.66. The van der Waals surface area contributed by atoms with Crippen molar-refractivity contribution in [2.75, 3.05) is 24.7 Å². The van der Waals surface area contributed by atoms with Crippen molar-refractivity contribution in [2.45, 2.75) is 6.42 Å². The first-order valence-corrected chi connectivity index (χ1v) is 5.66. The highest BCUT2D eigenvalue weighted by atomic mass is 16.5. The van der Waals surface area contributed by atoms with E-state index in [1.54, 1.807) is 6.20 Å². The molecule has 0 unspecified atom stereocenters. The number of hydrogen-bond donors (Lipinski definition) is 2. The van der Waals surface area contributed by atoms with Crippen LogP contribution < -0.4 is 11.1 Å². The molecule has 5 nitrogen and oxygen atoms in total. The van der Waals surface area contributed by atoms with E-state index in [4.69, 9.17) is 5.73 Å². The van der Waals surface area contributed by atoms with Crippen molar-refractivity contribution < 1.29 is 9.53 Å². The average molecular weight is 245 g/mol. The number of nitrogens with two attached hydrogens (primary N) is 1. The van der Waals surface area contributed by atoms with Crippen LogP contribution in [0.2, 0.25) is 0 Å². The van der Waals surface area contributed by atoms with Crippen molar-refractivity contribution in [1.29, 1.82) is 0 Å². The summed E-state index contributed by atoms with van der Waals surface area (Å²) in [5.41, 5.74) is 8.14. The molecule has 18 heavy (non-hydrogen) atoms. The van der Waals surface area contributed by atoms with E-state index >= 15 is 0 Å². The van der Waals surface area contributed by atoms with Crippen LogP contribution in [0, 0.1) is 0 Å². The minimum Gasteiger partial charge on any atom is -0.469 e. The number of benzene rings is 1. The predicted molar refractivity (Wildman–Crippen MR) is 71.3 cm³/mol. The maximum absolute atomic E-state index is 11.0. The summed E-state index contributed by atoms with van der Waals surface area (Å²) in [5, 5.41) is 4.10. The van der Waals surface area contributed by atoms with E-state index in [0.717, 1.165) is 16.6 Å². The number of fused-ring (bicyclic) bond motifs is 1. The van der Waals surface area contributed by atoms with Crippen molar-refractivity contribution in [1.82, 2.24) is 4.98 Å². The Balaban J connectivity index is 2.21. The lowest BCUT2D eigenvalue weighted by Gasteiger charge is -2.11. The van der Waals surface area contributed by atoms with Crippen molar-refractivity contribution in [3.63, 3.8) is 0 Å². The Hall–Kier alpha value is -2.30. The number of anilines is 2. The van der Waals surface area contributed by atoms with Crippen molar-refractivity contribution in [3.8, 4) is 0 Å². The number of nitrogen functional groups attached to an aromatic ring is 1. The highest BCUT2D eigenvalue weighted by Crippen LogP contribution is 2.27. The Morgan fingerprint density at radius 2 is 2.22 bits per heavy atom. The van der Waals surface area contributed by atoms with Gasteiger partial charge in [-0.15, -0.1) is 0 Å². The molecule has 0 spiro atoms. The largest absolute Gasteiger partial charge is 0.469 e. The molecule has 0 aliphatic heterocycles. The fourth-order valence-electron chi connectivity index (χ4n) is 1.75. The van der Waals surface area contributed by atoms with Gasteiger partial charge in [-0.1, -0.05) is 18.2 Å². The number of para-hydroxylation sites is 1. The van der Waals surface area contributed by atoms with Crippen molar-refractivity contribution in [3.05, 3.63) is 30.5 Å². The zero-order valence-electron chi connectivity index (χ0n) is 10.1. The Morgan fingerprint density at radius 3 is 3.00 bits per heavy atom. The third kappa shape index (κ3) is 2.51. The van der Waals surface area contributed by atoms with E-state index < -0.39 is 0 Å². The minimum atomic E-state index is -0.251. The normalized spacial score (nSPS) is 10.3. The van der Waals surface area contributed by atoms with E-state index in [2.05, 4.69) is 15.0 Å². The second kappa shape index (κ2) is 5.35. The van der Waals surface area contributed by atoms with Gasteiger partial charge in [0.1, 0.15) is 0 Å². The molecule has 0 radical (unpaired) electrons. The first kappa shape index (κ1) is 12.2. The summed E-state index contributed by atoms with van der Waals surface area (Å²) in [5.74, 6) is -0.251. The lowest BCUT2D eigenvalue weighted by atomic mass is 10.1. The Labute approximate surface area is 105 Å². The van der Waals surface area contributed by atoms with Gasteiger partial charge in [-0.25, -0.2) is 0 Å². The number of carbonyl (C=O) groups excluding carboxylic acids is 1. The van der Waals surface area contributed by atoms with Crippen LogP contribution in [-0.4, -0.2) is 24.6 Å². The van der Waals surface area contributed by atoms with Crippen LogP contribution in [0.3, 0.4) is 0 Å². The molecule has 0 saturated heterocycles. The molecule has 5 heteroatoms. The fourth-order valence-corrected chi connectivity index (χ4v) is 1.75. The number of carbonyl (C=O) groups is 1. The number of rotatable bonds is 4. The van der Waals surface area contributed by atoms with E-state index in [1.807, 2.05) is 24.3 Å². The number of pyridine rings is 1. The maximum atomic E-state index is 11.0. The van der Waals surface area contributed by atoms with E-state index in [1.165, 1.54) is 7.11 Å². The highest BCUT2D eigenvalue weighted by molar-refractivity contribution is 5.96. The van der Waals surface area contributed by atoms with Crippen LogP contribution in [0.25, 0.3) is 10.9 Å². The Bertz CT molecular complexity index is 569. The quantitative estimate of drug-likeness (QED) is 0.803. The molecule has 1 heterocycles. The molecular formula is C13H15N3O2. The second-order valence-corrected chi connectivity index (χ2v) is 3.86. The smallest absolute Gasteiger partial charge is 0.307 e. The number of ether oxygens (including phenoxy) is 1. The second-order valence-electron chi connectivity index (χ2n) is 3.86. The summed E-state index contributed by atoms with van der Waals surface area (Å²) in [6.07, 6.45) is 1.91. The van der Waals surface area contributed by atoms with Crippen molar-refractivity contribution in [2.24, 2.45) is 0 Å². The summed E-state index contributed by atoms with van der Waals surface area (Å²) < 4.78 is 4.58. The molecule has 0 fully saturated rings. The molecule has 94 valence electrons. The minimum absolute atomic E-state index is 0.251. The van der Waals surface area contributed by atoms with Gasteiger partial charge in [0, 0.05) is 11.9 Å². The zero-order chi connectivity index (χ0) is 13.0. The topological polar surface area (TPSA) is 77.2 Å². The average Bonchev–Trinajstić information content (AvgIpc) is 2.41. The van der Waals surface area contributed by atoms with E-state index in [0.29, 0.717) is 18.7 Å².